The highest BCUT2D eigenvalue weighted by Gasteiger charge is 2.47. The third-order valence-corrected chi connectivity index (χ3v) is 5.35. The van der Waals surface area contributed by atoms with Gasteiger partial charge in [-0.3, -0.25) is 0 Å². The van der Waals surface area contributed by atoms with Gasteiger partial charge in [0.1, 0.15) is 30.3 Å². The van der Waals surface area contributed by atoms with E-state index in [1.165, 1.54) is 23.4 Å². The van der Waals surface area contributed by atoms with E-state index >= 15 is 0 Å². The first-order valence-electron chi connectivity index (χ1n) is 8.49. The Balaban J connectivity index is 2.03. The molecule has 3 rings (SSSR count). The molecule has 0 saturated carbocycles. The van der Waals surface area contributed by atoms with E-state index in [2.05, 4.69) is 16.7 Å². The Bertz CT molecular complexity index is 786. The van der Waals surface area contributed by atoms with E-state index in [0.717, 1.165) is 11.6 Å². The van der Waals surface area contributed by atoms with Gasteiger partial charge in [-0.1, -0.05) is 12.2 Å². The number of quaternary nitrogens is 1. The van der Waals surface area contributed by atoms with Crippen molar-refractivity contribution >= 4 is 0 Å². The number of benzene rings is 1. The van der Waals surface area contributed by atoms with Crippen LogP contribution in [0, 0.1) is 16.8 Å². The standard InChI is InChI=1S/C18H22F2N4O2/c1-13-5-7-24(26,8-6-13)14(2)18(25,10-23-12-21-11-22-23)16-4-3-15(19)9-17(16)20/h3-4,9,11-12,14,25H,1,5-8,10H2,2H3/t14-,18-/m1/s1. The Morgan fingerprint density at radius 1 is 1.38 bits per heavy atom. The number of piperidine rings is 1. The zero-order chi connectivity index (χ0) is 18.9. The molecular formula is C18H22F2N4O2. The number of hydrogen-bond acceptors (Lipinski definition) is 4. The van der Waals surface area contributed by atoms with Gasteiger partial charge in [0.05, 0.1) is 19.6 Å². The van der Waals surface area contributed by atoms with Crippen LogP contribution in [0.5, 0.6) is 0 Å². The van der Waals surface area contributed by atoms with Crippen LogP contribution in [0.3, 0.4) is 0 Å². The molecule has 0 radical (unpaired) electrons. The molecule has 0 aliphatic carbocycles. The zero-order valence-corrected chi connectivity index (χ0v) is 14.6. The van der Waals surface area contributed by atoms with Gasteiger partial charge in [-0.25, -0.2) is 18.4 Å². The van der Waals surface area contributed by atoms with Crippen molar-refractivity contribution in [3.05, 3.63) is 65.4 Å². The smallest absolute Gasteiger partial charge is 0.164 e. The molecule has 1 aliphatic rings. The number of aromatic nitrogens is 3. The second kappa shape index (κ2) is 6.86. The highest BCUT2D eigenvalue weighted by Crippen LogP contribution is 2.37. The molecular weight excluding hydrogens is 342 g/mol. The lowest BCUT2D eigenvalue weighted by atomic mass is 9.84. The van der Waals surface area contributed by atoms with Gasteiger partial charge in [-0.05, 0) is 19.1 Å². The summed E-state index contributed by atoms with van der Waals surface area (Å²) >= 11 is 0. The number of likely N-dealkylation sites (tertiary alicyclic amines) is 1. The van der Waals surface area contributed by atoms with Crippen LogP contribution in [0.1, 0.15) is 25.3 Å². The molecule has 1 aliphatic heterocycles. The van der Waals surface area contributed by atoms with E-state index in [0.29, 0.717) is 18.9 Å². The van der Waals surface area contributed by atoms with Crippen LogP contribution in [-0.4, -0.2) is 43.6 Å². The molecule has 0 spiro atoms. The summed E-state index contributed by atoms with van der Waals surface area (Å²) in [4.78, 5) is 3.83. The lowest BCUT2D eigenvalue weighted by Gasteiger charge is -2.54. The number of halogens is 2. The van der Waals surface area contributed by atoms with Crippen LogP contribution < -0.4 is 0 Å². The number of rotatable bonds is 5. The van der Waals surface area contributed by atoms with Crippen LogP contribution in [-0.2, 0) is 12.1 Å². The van der Waals surface area contributed by atoms with Crippen LogP contribution in [0.4, 0.5) is 8.78 Å². The van der Waals surface area contributed by atoms with Crippen LogP contribution in [0.15, 0.2) is 43.0 Å². The monoisotopic (exact) mass is 364 g/mol. The molecule has 2 atom stereocenters. The predicted molar refractivity (Wildman–Crippen MR) is 91.5 cm³/mol. The van der Waals surface area contributed by atoms with Gasteiger partial charge in [-0.15, -0.1) is 0 Å². The summed E-state index contributed by atoms with van der Waals surface area (Å²) in [6.07, 6.45) is 3.78. The topological polar surface area (TPSA) is 74.0 Å². The SMILES string of the molecule is C=C1CC[N+]([O-])([C@H](C)[C@](O)(Cn2cncn2)c2ccc(F)cc2F)CC1. The highest BCUT2D eigenvalue weighted by atomic mass is 19.1. The molecule has 1 aromatic heterocycles. The molecule has 0 unspecified atom stereocenters. The lowest BCUT2D eigenvalue weighted by molar-refractivity contribution is -0.914. The number of nitrogens with zero attached hydrogens (tertiary/aromatic N) is 4. The molecule has 1 fully saturated rings. The minimum absolute atomic E-state index is 0.125. The zero-order valence-electron chi connectivity index (χ0n) is 14.6. The molecule has 1 saturated heterocycles. The van der Waals surface area contributed by atoms with E-state index < -0.39 is 27.9 Å². The van der Waals surface area contributed by atoms with E-state index in [9.17, 15) is 19.1 Å². The summed E-state index contributed by atoms with van der Waals surface area (Å²) in [6, 6.07) is 2.07. The fraction of sp³-hybridized carbons (Fsp3) is 0.444. The summed E-state index contributed by atoms with van der Waals surface area (Å²) in [5.41, 5.74) is -1.01. The molecule has 1 N–H and O–H groups in total. The average molecular weight is 364 g/mol. The summed E-state index contributed by atoms with van der Waals surface area (Å²) in [5, 5.41) is 28.8. The number of hydroxylamine groups is 3. The maximum atomic E-state index is 14.5. The van der Waals surface area contributed by atoms with Gasteiger partial charge in [0.25, 0.3) is 0 Å². The van der Waals surface area contributed by atoms with Crippen molar-refractivity contribution < 1.29 is 18.5 Å². The molecule has 8 heteroatoms. The van der Waals surface area contributed by atoms with Gasteiger partial charge >= 0.3 is 0 Å². The third-order valence-electron chi connectivity index (χ3n) is 5.35. The van der Waals surface area contributed by atoms with Crippen LogP contribution in [0.25, 0.3) is 0 Å². The van der Waals surface area contributed by atoms with E-state index in [1.54, 1.807) is 6.92 Å². The summed E-state index contributed by atoms with van der Waals surface area (Å²) in [5.74, 6) is -1.64. The second-order valence-electron chi connectivity index (χ2n) is 6.97. The molecule has 26 heavy (non-hydrogen) atoms. The Labute approximate surface area is 150 Å². The fourth-order valence-corrected chi connectivity index (χ4v) is 3.55. The first-order valence-corrected chi connectivity index (χ1v) is 8.49. The van der Waals surface area contributed by atoms with E-state index in [4.69, 9.17) is 0 Å². The number of hydrogen-bond donors (Lipinski definition) is 1. The van der Waals surface area contributed by atoms with E-state index in [1.807, 2.05) is 0 Å². The van der Waals surface area contributed by atoms with Gasteiger partial charge in [0, 0.05) is 24.5 Å². The summed E-state index contributed by atoms with van der Waals surface area (Å²) in [7, 11) is 0. The van der Waals surface area contributed by atoms with Crippen molar-refractivity contribution in [2.24, 2.45) is 0 Å². The normalized spacial score (nSPS) is 20.6. The molecule has 2 aromatic rings. The third kappa shape index (κ3) is 3.40. The maximum absolute atomic E-state index is 14.5. The Morgan fingerprint density at radius 2 is 2.08 bits per heavy atom. The van der Waals surface area contributed by atoms with Crippen LogP contribution in [0.2, 0.25) is 0 Å². The van der Waals surface area contributed by atoms with Crippen molar-refractivity contribution in [3.8, 4) is 0 Å². The average Bonchev–Trinajstić information content (AvgIpc) is 3.09. The summed E-state index contributed by atoms with van der Waals surface area (Å²) in [6.45, 7) is 5.84. The van der Waals surface area contributed by atoms with Gasteiger partial charge in [0.2, 0.25) is 0 Å². The van der Waals surface area contributed by atoms with Crippen LogP contribution >= 0.6 is 0 Å². The molecule has 2 heterocycles. The van der Waals surface area contributed by atoms with Gasteiger partial charge in [-0.2, -0.15) is 5.10 Å². The molecule has 6 nitrogen and oxygen atoms in total. The lowest BCUT2D eigenvalue weighted by Crippen LogP contribution is -2.62. The predicted octanol–water partition coefficient (Wildman–Crippen LogP) is 2.50. The minimum Gasteiger partial charge on any atom is -0.632 e. The maximum Gasteiger partial charge on any atom is 0.164 e. The first-order chi connectivity index (χ1) is 12.2. The number of aliphatic hydroxyl groups is 1. The Hall–Kier alpha value is -2.16. The van der Waals surface area contributed by atoms with Crippen molar-refractivity contribution in [3.63, 3.8) is 0 Å². The van der Waals surface area contributed by atoms with E-state index in [-0.39, 0.29) is 25.2 Å². The minimum atomic E-state index is -1.88. The fourth-order valence-electron chi connectivity index (χ4n) is 3.55. The Kier molecular flexibility index (Phi) is 4.92. The molecule has 0 bridgehead atoms. The van der Waals surface area contributed by atoms with Gasteiger partial charge in [0.15, 0.2) is 5.60 Å². The van der Waals surface area contributed by atoms with Gasteiger partial charge < -0.3 is 15.0 Å². The van der Waals surface area contributed by atoms with Crippen molar-refractivity contribution in [2.75, 3.05) is 13.1 Å². The second-order valence-corrected chi connectivity index (χ2v) is 6.97. The van der Waals surface area contributed by atoms with Crippen molar-refractivity contribution in [1.82, 2.24) is 14.8 Å². The Morgan fingerprint density at radius 3 is 2.65 bits per heavy atom. The molecule has 1 aromatic carbocycles. The quantitative estimate of drug-likeness (QED) is 0.503. The highest BCUT2D eigenvalue weighted by molar-refractivity contribution is 5.26. The van der Waals surface area contributed by atoms with Crippen molar-refractivity contribution in [1.29, 1.82) is 0 Å². The molecule has 0 amide bonds. The first kappa shape index (κ1) is 18.6. The summed E-state index contributed by atoms with van der Waals surface area (Å²) < 4.78 is 28.5. The van der Waals surface area contributed by atoms with Crippen molar-refractivity contribution in [2.45, 2.75) is 38.0 Å². The largest absolute Gasteiger partial charge is 0.632 e. The molecule has 140 valence electrons.